The second-order valence-electron chi connectivity index (χ2n) is 6.72. The van der Waals surface area contributed by atoms with E-state index in [1.165, 1.54) is 36.9 Å². The molecule has 0 fully saturated rings. The Hall–Kier alpha value is -3.36. The van der Waals surface area contributed by atoms with Gasteiger partial charge in [0.1, 0.15) is 6.33 Å². The van der Waals surface area contributed by atoms with Crippen LogP contribution < -0.4 is 5.56 Å². The van der Waals surface area contributed by atoms with Crippen molar-refractivity contribution in [3.63, 3.8) is 0 Å². The van der Waals surface area contributed by atoms with Gasteiger partial charge in [-0.05, 0) is 44.0 Å². The van der Waals surface area contributed by atoms with Crippen molar-refractivity contribution in [1.82, 2.24) is 29.4 Å². The van der Waals surface area contributed by atoms with Gasteiger partial charge in [0.05, 0.1) is 5.69 Å². The fourth-order valence-electron chi connectivity index (χ4n) is 2.99. The summed E-state index contributed by atoms with van der Waals surface area (Å²) in [6.07, 6.45) is 1.20. The zero-order chi connectivity index (χ0) is 19.9. The smallest absolute Gasteiger partial charge is 0.284 e. The Bertz CT molecular complexity index is 1090. The lowest BCUT2D eigenvalue weighted by Crippen LogP contribution is -2.40. The van der Waals surface area contributed by atoms with Crippen molar-refractivity contribution >= 4 is 22.9 Å². The van der Waals surface area contributed by atoms with Gasteiger partial charge in [0.15, 0.2) is 23.0 Å². The third-order valence-electron chi connectivity index (χ3n) is 4.18. The molecule has 0 saturated heterocycles. The second kappa shape index (κ2) is 6.75. The highest BCUT2D eigenvalue weighted by Crippen LogP contribution is 2.17. The number of Topliss-reactive ketones (excluding diaryl/α,β-unsaturated/α-hetero) is 1. The Morgan fingerprint density at radius 3 is 2.30 bits per heavy atom. The van der Waals surface area contributed by atoms with Crippen LogP contribution in [0.5, 0.6) is 0 Å². The molecule has 0 aliphatic rings. The molecule has 1 amide bonds. The fraction of sp³-hybridized carbons (Fsp3) is 0.333. The zero-order valence-electron chi connectivity index (χ0n) is 15.8. The number of aryl methyl sites for hydroxylation is 2. The first-order chi connectivity index (χ1) is 12.7. The van der Waals surface area contributed by atoms with Gasteiger partial charge in [-0.15, -0.1) is 5.10 Å². The number of carbonyl (C=O) groups excluding carboxylic acids is 2. The Balaban J connectivity index is 2.19. The highest BCUT2D eigenvalue weighted by Gasteiger charge is 2.29. The lowest BCUT2D eigenvalue weighted by atomic mass is 10.1. The molecule has 0 unspecified atom stereocenters. The maximum absolute atomic E-state index is 12.9. The van der Waals surface area contributed by atoms with Crippen LogP contribution in [0, 0.1) is 13.8 Å². The van der Waals surface area contributed by atoms with Crippen LogP contribution in [0.15, 0.2) is 29.3 Å². The number of hydrogen-bond donors (Lipinski definition) is 0. The van der Waals surface area contributed by atoms with E-state index in [9.17, 15) is 14.4 Å². The van der Waals surface area contributed by atoms with E-state index in [0.717, 1.165) is 21.4 Å². The molecule has 2 heterocycles. The van der Waals surface area contributed by atoms with Crippen LogP contribution in [-0.4, -0.2) is 55.2 Å². The molecule has 0 spiro atoms. The molecular formula is C18H20N6O3. The predicted octanol–water partition coefficient (Wildman–Crippen LogP) is 0.812. The molecule has 0 radical (unpaired) electrons. The molecule has 0 bridgehead atoms. The van der Waals surface area contributed by atoms with Crippen molar-refractivity contribution in [1.29, 1.82) is 0 Å². The summed E-state index contributed by atoms with van der Waals surface area (Å²) >= 11 is 0. The van der Waals surface area contributed by atoms with Gasteiger partial charge in [0.2, 0.25) is 0 Å². The lowest BCUT2D eigenvalue weighted by Gasteiger charge is -2.19. The summed E-state index contributed by atoms with van der Waals surface area (Å²) in [7, 11) is 3.04. The van der Waals surface area contributed by atoms with Crippen LogP contribution in [0.2, 0.25) is 0 Å². The topological polar surface area (TPSA) is 103 Å². The van der Waals surface area contributed by atoms with E-state index < -0.39 is 23.3 Å². The third-order valence-corrected chi connectivity index (χ3v) is 4.18. The highest BCUT2D eigenvalue weighted by atomic mass is 16.2. The van der Waals surface area contributed by atoms with Gasteiger partial charge in [-0.2, -0.15) is 4.68 Å². The maximum atomic E-state index is 12.9. The number of hydrogen-bond acceptors (Lipinski definition) is 6. The first-order valence-corrected chi connectivity index (χ1v) is 8.33. The van der Waals surface area contributed by atoms with Crippen LogP contribution in [0.4, 0.5) is 0 Å². The van der Waals surface area contributed by atoms with Crippen molar-refractivity contribution in [2.24, 2.45) is 0 Å². The highest BCUT2D eigenvalue weighted by molar-refractivity contribution is 6.02. The maximum Gasteiger partial charge on any atom is 0.284 e. The number of ketones is 1. The minimum Gasteiger partial charge on any atom is -0.347 e. The van der Waals surface area contributed by atoms with E-state index >= 15 is 0 Å². The van der Waals surface area contributed by atoms with Crippen molar-refractivity contribution in [3.8, 4) is 5.69 Å². The largest absolute Gasteiger partial charge is 0.347 e. The number of amides is 1. The van der Waals surface area contributed by atoms with Gasteiger partial charge in [0.25, 0.3) is 11.5 Å². The summed E-state index contributed by atoms with van der Waals surface area (Å²) in [5, 5.41) is 7.99. The molecular weight excluding hydrogens is 348 g/mol. The summed E-state index contributed by atoms with van der Waals surface area (Å²) in [5.74, 6) is -0.967. The van der Waals surface area contributed by atoms with E-state index in [0.29, 0.717) is 0 Å². The summed E-state index contributed by atoms with van der Waals surface area (Å²) in [5.41, 5.74) is 2.47. The monoisotopic (exact) mass is 368 g/mol. The number of carbonyl (C=O) groups is 2. The molecule has 1 atom stereocenters. The Labute approximate surface area is 155 Å². The number of aromatic nitrogens is 5. The zero-order valence-corrected chi connectivity index (χ0v) is 15.8. The molecule has 2 aromatic heterocycles. The summed E-state index contributed by atoms with van der Waals surface area (Å²) in [6.45, 7) is 5.18. The van der Waals surface area contributed by atoms with Crippen LogP contribution in [0.1, 0.15) is 24.1 Å². The molecule has 0 N–H and O–H groups in total. The van der Waals surface area contributed by atoms with E-state index in [4.69, 9.17) is 0 Å². The van der Waals surface area contributed by atoms with E-state index in [1.54, 1.807) is 0 Å². The first-order valence-electron chi connectivity index (χ1n) is 8.33. The molecule has 9 nitrogen and oxygen atoms in total. The van der Waals surface area contributed by atoms with Gasteiger partial charge in [-0.1, -0.05) is 11.3 Å². The van der Waals surface area contributed by atoms with Crippen LogP contribution >= 0.6 is 0 Å². The van der Waals surface area contributed by atoms with Gasteiger partial charge in [-0.25, -0.2) is 4.98 Å². The summed E-state index contributed by atoms with van der Waals surface area (Å²) in [6, 6.07) is 4.55. The minimum atomic E-state index is -1.28. The first kappa shape index (κ1) is 18.4. The number of benzene rings is 1. The quantitative estimate of drug-likeness (QED) is 0.632. The van der Waals surface area contributed by atoms with Gasteiger partial charge < -0.3 is 4.90 Å². The molecule has 9 heteroatoms. The van der Waals surface area contributed by atoms with E-state index in [-0.39, 0.29) is 11.2 Å². The lowest BCUT2D eigenvalue weighted by molar-refractivity contribution is -0.137. The number of likely N-dealkylation sites (N-methyl/N-ethyl adjacent to an activating group) is 1. The average molecular weight is 368 g/mol. The average Bonchev–Trinajstić information content (AvgIpc) is 3.00. The van der Waals surface area contributed by atoms with Crippen molar-refractivity contribution in [2.45, 2.75) is 26.8 Å². The molecule has 1 aromatic carbocycles. The second-order valence-corrected chi connectivity index (χ2v) is 6.72. The molecule has 0 aliphatic carbocycles. The van der Waals surface area contributed by atoms with Crippen molar-refractivity contribution in [2.75, 3.05) is 14.1 Å². The summed E-state index contributed by atoms with van der Waals surface area (Å²) < 4.78 is 2.48. The van der Waals surface area contributed by atoms with Gasteiger partial charge in [-0.3, -0.25) is 19.0 Å². The SMILES string of the molecule is CC(=O)[C@@H](C(=O)N(C)C)n1cnc2c(nnn2-c2cc(C)cc(C)c2)c1=O. The minimum absolute atomic E-state index is 0.00512. The number of nitrogens with zero attached hydrogens (tertiary/aromatic N) is 6. The predicted molar refractivity (Wildman–Crippen MR) is 98.8 cm³/mol. The number of fused-ring (bicyclic) bond motifs is 1. The fourth-order valence-corrected chi connectivity index (χ4v) is 2.99. The van der Waals surface area contributed by atoms with Crippen LogP contribution in [-0.2, 0) is 9.59 Å². The molecule has 3 aromatic rings. The third kappa shape index (κ3) is 3.23. The van der Waals surface area contributed by atoms with E-state index in [1.807, 2.05) is 32.0 Å². The molecule has 0 saturated carbocycles. The standard InChI is InChI=1S/C18H20N6O3/c1-10-6-11(2)8-13(7-10)24-16-14(20-21-24)17(26)23(9-19-16)15(12(3)25)18(27)22(4)5/h6-9,15H,1-5H3/t15-/m0/s1. The Morgan fingerprint density at radius 2 is 1.74 bits per heavy atom. The van der Waals surface area contributed by atoms with Crippen molar-refractivity contribution < 1.29 is 9.59 Å². The Kier molecular flexibility index (Phi) is 4.61. The molecule has 0 aliphatic heterocycles. The van der Waals surface area contributed by atoms with Crippen LogP contribution in [0.25, 0.3) is 16.9 Å². The van der Waals surface area contributed by atoms with E-state index in [2.05, 4.69) is 15.3 Å². The van der Waals surface area contributed by atoms with Gasteiger partial charge >= 0.3 is 0 Å². The van der Waals surface area contributed by atoms with Crippen LogP contribution in [0.3, 0.4) is 0 Å². The molecule has 3 rings (SSSR count). The normalized spacial score (nSPS) is 12.2. The van der Waals surface area contributed by atoms with Gasteiger partial charge in [0, 0.05) is 14.1 Å². The summed E-state index contributed by atoms with van der Waals surface area (Å²) in [4.78, 5) is 42.7. The molecule has 27 heavy (non-hydrogen) atoms. The molecule has 140 valence electrons. The number of rotatable bonds is 4. The Morgan fingerprint density at radius 1 is 1.11 bits per heavy atom. The van der Waals surface area contributed by atoms with Crippen molar-refractivity contribution in [3.05, 3.63) is 46.0 Å².